The minimum Gasteiger partial charge on any atom is -0.316 e. The molecule has 4 fully saturated rings. The Morgan fingerprint density at radius 3 is 2.25 bits per heavy atom. The highest BCUT2D eigenvalue weighted by atomic mass is 79.9. The molecule has 3 nitrogen and oxygen atoms in total. The predicted octanol–water partition coefficient (Wildman–Crippen LogP) is 1.54. The monoisotopic (exact) mass is 335 g/mol. The first-order chi connectivity index (χ1) is 9.71. The molecule has 1 aromatic carbocycles. The zero-order valence-electron chi connectivity index (χ0n) is 12.0. The van der Waals surface area contributed by atoms with Crippen molar-refractivity contribution in [1.82, 2.24) is 15.1 Å². The molecule has 20 heavy (non-hydrogen) atoms. The summed E-state index contributed by atoms with van der Waals surface area (Å²) in [5, 5.41) is 3.66. The molecule has 0 radical (unpaired) electrons. The third kappa shape index (κ3) is 1.89. The van der Waals surface area contributed by atoms with Gasteiger partial charge in [0.15, 0.2) is 0 Å². The van der Waals surface area contributed by atoms with Crippen LogP contribution in [0.25, 0.3) is 0 Å². The summed E-state index contributed by atoms with van der Waals surface area (Å²) in [6, 6.07) is 9.64. The summed E-state index contributed by atoms with van der Waals surface area (Å²) in [5.41, 5.74) is 1.76. The normalized spacial score (nSPS) is 42.7. The standard InChI is InChI=1S/C16H22BrN3/c1-18-15-12-8-19-6-7-20(9-12)11-16(15,10-19)13-2-4-14(17)5-3-13/h2-5,12,15,18H,6-11H2,1H3. The molecule has 0 saturated carbocycles. The van der Waals surface area contributed by atoms with Crippen LogP contribution in [-0.4, -0.2) is 62.2 Å². The number of piperidine rings is 2. The molecule has 5 rings (SSSR count). The number of rotatable bonds is 2. The summed E-state index contributed by atoms with van der Waals surface area (Å²) < 4.78 is 1.17. The molecule has 3 atom stereocenters. The van der Waals surface area contributed by atoms with E-state index in [2.05, 4.69) is 62.4 Å². The lowest BCUT2D eigenvalue weighted by atomic mass is 9.64. The van der Waals surface area contributed by atoms with Gasteiger partial charge in [0.2, 0.25) is 0 Å². The Labute approximate surface area is 129 Å². The van der Waals surface area contributed by atoms with E-state index in [1.165, 1.54) is 49.3 Å². The Balaban J connectivity index is 1.81. The Bertz CT molecular complexity index is 485. The molecule has 1 N–H and O–H groups in total. The summed E-state index contributed by atoms with van der Waals surface area (Å²) in [4.78, 5) is 5.38. The fraction of sp³-hybridized carbons (Fsp3) is 0.625. The summed E-state index contributed by atoms with van der Waals surface area (Å²) >= 11 is 3.57. The van der Waals surface area contributed by atoms with E-state index in [9.17, 15) is 0 Å². The van der Waals surface area contributed by atoms with Crippen molar-refractivity contribution in [3.63, 3.8) is 0 Å². The SMILES string of the molecule is CNC1C2CN3CCN(C2)CC1(c1ccc(Br)cc1)C3. The van der Waals surface area contributed by atoms with Gasteiger partial charge >= 0.3 is 0 Å². The van der Waals surface area contributed by atoms with Crippen LogP contribution in [0.1, 0.15) is 5.56 Å². The van der Waals surface area contributed by atoms with Crippen molar-refractivity contribution >= 4 is 15.9 Å². The molecule has 0 spiro atoms. The number of fused-ring (bicyclic) bond motifs is 1. The van der Waals surface area contributed by atoms with Crippen molar-refractivity contribution in [2.75, 3.05) is 46.3 Å². The molecule has 1 aromatic rings. The van der Waals surface area contributed by atoms with Crippen LogP contribution in [0.3, 0.4) is 0 Å². The van der Waals surface area contributed by atoms with Gasteiger partial charge in [-0.05, 0) is 24.7 Å². The molecule has 0 aromatic heterocycles. The lowest BCUT2D eigenvalue weighted by molar-refractivity contribution is 0.0217. The highest BCUT2D eigenvalue weighted by Crippen LogP contribution is 2.43. The van der Waals surface area contributed by atoms with Crippen LogP contribution in [-0.2, 0) is 5.41 Å². The van der Waals surface area contributed by atoms with Crippen molar-refractivity contribution in [3.05, 3.63) is 34.3 Å². The molecular formula is C16H22BrN3. The van der Waals surface area contributed by atoms with Gasteiger partial charge in [0.05, 0.1) is 0 Å². The van der Waals surface area contributed by atoms with E-state index in [4.69, 9.17) is 0 Å². The molecule has 4 bridgehead atoms. The number of nitrogens with zero attached hydrogens (tertiary/aromatic N) is 2. The summed E-state index contributed by atoms with van der Waals surface area (Å²) in [6.07, 6.45) is 0. The molecule has 4 saturated heterocycles. The number of hydrogen-bond acceptors (Lipinski definition) is 3. The lowest BCUT2D eigenvalue weighted by Crippen LogP contribution is -2.69. The van der Waals surface area contributed by atoms with E-state index in [-0.39, 0.29) is 5.41 Å². The lowest BCUT2D eigenvalue weighted by Gasteiger charge is -2.55. The van der Waals surface area contributed by atoms with Crippen LogP contribution < -0.4 is 5.32 Å². The van der Waals surface area contributed by atoms with Crippen molar-refractivity contribution in [2.24, 2.45) is 5.92 Å². The number of nitrogens with one attached hydrogen (secondary N) is 1. The van der Waals surface area contributed by atoms with Crippen LogP contribution in [0, 0.1) is 5.92 Å². The Kier molecular flexibility index (Phi) is 3.18. The number of likely N-dealkylation sites (N-methyl/N-ethyl adjacent to an activating group) is 1. The third-order valence-corrected chi connectivity index (χ3v) is 6.05. The molecule has 4 heteroatoms. The van der Waals surface area contributed by atoms with Crippen molar-refractivity contribution < 1.29 is 0 Å². The van der Waals surface area contributed by atoms with Crippen LogP contribution in [0.5, 0.6) is 0 Å². The second kappa shape index (κ2) is 4.80. The maximum atomic E-state index is 3.66. The predicted molar refractivity (Wildman–Crippen MR) is 85.0 cm³/mol. The topological polar surface area (TPSA) is 18.5 Å². The second-order valence-corrected chi connectivity index (χ2v) is 7.58. The minimum atomic E-state index is 0.257. The summed E-state index contributed by atoms with van der Waals surface area (Å²) in [5.74, 6) is 0.758. The van der Waals surface area contributed by atoms with Crippen LogP contribution in [0.4, 0.5) is 0 Å². The maximum absolute atomic E-state index is 3.66. The largest absolute Gasteiger partial charge is 0.316 e. The zero-order valence-corrected chi connectivity index (χ0v) is 13.6. The third-order valence-electron chi connectivity index (χ3n) is 5.53. The summed E-state index contributed by atoms with van der Waals surface area (Å²) in [7, 11) is 2.15. The fourth-order valence-corrected chi connectivity index (χ4v) is 5.10. The van der Waals surface area contributed by atoms with E-state index in [1.807, 2.05) is 0 Å². The number of halogens is 1. The Morgan fingerprint density at radius 2 is 1.70 bits per heavy atom. The van der Waals surface area contributed by atoms with Crippen molar-refractivity contribution in [3.8, 4) is 0 Å². The molecule has 4 aliphatic rings. The van der Waals surface area contributed by atoms with Crippen LogP contribution in [0.15, 0.2) is 28.7 Å². The van der Waals surface area contributed by atoms with Crippen LogP contribution >= 0.6 is 15.9 Å². The molecule has 108 valence electrons. The van der Waals surface area contributed by atoms with Gasteiger partial charge in [-0.15, -0.1) is 0 Å². The van der Waals surface area contributed by atoms with Crippen molar-refractivity contribution in [2.45, 2.75) is 11.5 Å². The average Bonchev–Trinajstić information content (AvgIpc) is 2.68. The van der Waals surface area contributed by atoms with Crippen molar-refractivity contribution in [1.29, 1.82) is 0 Å². The molecule has 3 unspecified atom stereocenters. The van der Waals surface area contributed by atoms with Gasteiger partial charge < -0.3 is 15.1 Å². The first kappa shape index (κ1) is 13.3. The maximum Gasteiger partial charge on any atom is 0.0364 e. The van der Waals surface area contributed by atoms with Gasteiger partial charge in [-0.3, -0.25) is 0 Å². The molecule has 4 aliphatic heterocycles. The summed E-state index contributed by atoms with van der Waals surface area (Å²) in [6.45, 7) is 7.41. The molecular weight excluding hydrogens is 314 g/mol. The van der Waals surface area contributed by atoms with Gasteiger partial charge in [0.1, 0.15) is 0 Å². The minimum absolute atomic E-state index is 0.257. The number of benzene rings is 1. The van der Waals surface area contributed by atoms with Gasteiger partial charge in [0.25, 0.3) is 0 Å². The molecule has 0 aliphatic carbocycles. The van der Waals surface area contributed by atoms with E-state index in [0.29, 0.717) is 6.04 Å². The smallest absolute Gasteiger partial charge is 0.0364 e. The quantitative estimate of drug-likeness (QED) is 0.884. The second-order valence-electron chi connectivity index (χ2n) is 6.66. The highest BCUT2D eigenvalue weighted by Gasteiger charge is 2.54. The van der Waals surface area contributed by atoms with Gasteiger partial charge in [0, 0.05) is 61.1 Å². The first-order valence-electron chi connectivity index (χ1n) is 7.59. The van der Waals surface area contributed by atoms with Gasteiger partial charge in [-0.2, -0.15) is 0 Å². The Hall–Kier alpha value is -0.420. The van der Waals surface area contributed by atoms with E-state index < -0.39 is 0 Å². The number of hydrogen-bond donors (Lipinski definition) is 1. The Morgan fingerprint density at radius 1 is 1.10 bits per heavy atom. The molecule has 0 amide bonds. The van der Waals surface area contributed by atoms with Crippen LogP contribution in [0.2, 0.25) is 0 Å². The molecule has 4 heterocycles. The first-order valence-corrected chi connectivity index (χ1v) is 8.39. The van der Waals surface area contributed by atoms with Gasteiger partial charge in [-0.25, -0.2) is 0 Å². The van der Waals surface area contributed by atoms with E-state index in [0.717, 1.165) is 5.92 Å². The van der Waals surface area contributed by atoms with E-state index >= 15 is 0 Å². The zero-order chi connectivity index (χ0) is 13.7. The fourth-order valence-electron chi connectivity index (χ4n) is 4.84. The highest BCUT2D eigenvalue weighted by molar-refractivity contribution is 9.10. The average molecular weight is 336 g/mol. The van der Waals surface area contributed by atoms with Gasteiger partial charge in [-0.1, -0.05) is 28.1 Å². The van der Waals surface area contributed by atoms with E-state index in [1.54, 1.807) is 0 Å².